The van der Waals surface area contributed by atoms with Crippen molar-refractivity contribution in [3.05, 3.63) is 46.7 Å². The Balaban J connectivity index is 2.48. The summed E-state index contributed by atoms with van der Waals surface area (Å²) in [6.07, 6.45) is 3.57. The molecule has 0 saturated carbocycles. The van der Waals surface area contributed by atoms with Crippen molar-refractivity contribution < 1.29 is 4.79 Å². The maximum absolute atomic E-state index is 11.2. The van der Waals surface area contributed by atoms with Crippen LogP contribution in [-0.4, -0.2) is 15.6 Å². The van der Waals surface area contributed by atoms with Crippen LogP contribution in [0.2, 0.25) is 0 Å². The minimum Gasteiger partial charge on any atom is -0.295 e. The topological polar surface area (TPSA) is 34.9 Å². The van der Waals surface area contributed by atoms with E-state index in [0.29, 0.717) is 5.56 Å². The number of rotatable bonds is 2. The van der Waals surface area contributed by atoms with Crippen LogP contribution in [0.15, 0.2) is 41.1 Å². The Bertz CT molecular complexity index is 491. The zero-order valence-corrected chi connectivity index (χ0v) is 9.73. The average Bonchev–Trinajstić information content (AvgIpc) is 2.70. The van der Waals surface area contributed by atoms with E-state index in [1.165, 1.54) is 0 Å². The van der Waals surface area contributed by atoms with E-state index in [1.807, 2.05) is 18.3 Å². The third-order valence-electron chi connectivity index (χ3n) is 2.11. The molecule has 1 aromatic carbocycles. The normalized spacial score (nSPS) is 10.3. The van der Waals surface area contributed by atoms with E-state index in [4.69, 9.17) is 0 Å². The fraction of sp³-hybridized carbons (Fsp3) is 0.0909. The monoisotopic (exact) mass is 264 g/mol. The van der Waals surface area contributed by atoms with E-state index in [0.717, 1.165) is 10.2 Å². The number of hydrogen-bond donors (Lipinski definition) is 0. The number of halogens is 1. The highest BCUT2D eigenvalue weighted by atomic mass is 79.9. The second-order valence-corrected chi connectivity index (χ2v) is 4.03. The Kier molecular flexibility index (Phi) is 2.68. The number of benzene rings is 1. The number of carbonyl (C=O) groups excluding carboxylic acids is 1. The van der Waals surface area contributed by atoms with Gasteiger partial charge in [0.1, 0.15) is 0 Å². The molecule has 0 fully saturated rings. The Morgan fingerprint density at radius 1 is 1.47 bits per heavy atom. The number of nitrogens with zero attached hydrogens (tertiary/aromatic N) is 2. The lowest BCUT2D eigenvalue weighted by Crippen LogP contribution is -1.98. The van der Waals surface area contributed by atoms with Gasteiger partial charge in [0.2, 0.25) is 0 Å². The first kappa shape index (κ1) is 10.1. The van der Waals surface area contributed by atoms with Gasteiger partial charge in [0.05, 0.1) is 5.69 Å². The Hall–Kier alpha value is -1.42. The predicted molar refractivity (Wildman–Crippen MR) is 61.3 cm³/mol. The molecule has 0 aliphatic heterocycles. The summed E-state index contributed by atoms with van der Waals surface area (Å²) in [7, 11) is 0. The molecule has 0 radical (unpaired) electrons. The van der Waals surface area contributed by atoms with Crippen molar-refractivity contribution >= 4 is 21.7 Å². The molecule has 1 aromatic heterocycles. The zero-order valence-electron chi connectivity index (χ0n) is 8.14. The van der Waals surface area contributed by atoms with Gasteiger partial charge in [-0.1, -0.05) is 0 Å². The summed E-state index contributed by atoms with van der Waals surface area (Å²) in [5.74, 6) is 0.0581. The number of carbonyl (C=O) groups is 1. The van der Waals surface area contributed by atoms with E-state index in [9.17, 15) is 4.79 Å². The van der Waals surface area contributed by atoms with E-state index in [-0.39, 0.29) is 5.78 Å². The third-order valence-corrected chi connectivity index (χ3v) is 2.74. The number of hydrogen-bond acceptors (Lipinski definition) is 2. The molecule has 0 aliphatic rings. The standard InChI is InChI=1S/C11H9BrN2O/c1-8(15)9-3-4-11(10(12)7-9)14-6-2-5-13-14/h2-7H,1H3. The second kappa shape index (κ2) is 3.98. The van der Waals surface area contributed by atoms with Gasteiger partial charge in [-0.25, -0.2) is 4.68 Å². The molecule has 2 rings (SSSR count). The van der Waals surface area contributed by atoms with Crippen molar-refractivity contribution in [3.8, 4) is 5.69 Å². The van der Waals surface area contributed by atoms with Crippen LogP contribution in [0.1, 0.15) is 17.3 Å². The van der Waals surface area contributed by atoms with Crippen LogP contribution in [-0.2, 0) is 0 Å². The molecule has 3 nitrogen and oxygen atoms in total. The molecule has 76 valence electrons. The van der Waals surface area contributed by atoms with Gasteiger partial charge >= 0.3 is 0 Å². The van der Waals surface area contributed by atoms with Crippen LogP contribution in [0.25, 0.3) is 5.69 Å². The summed E-state index contributed by atoms with van der Waals surface area (Å²) in [4.78, 5) is 11.2. The largest absolute Gasteiger partial charge is 0.295 e. The summed E-state index contributed by atoms with van der Waals surface area (Å²) >= 11 is 3.42. The predicted octanol–water partition coefficient (Wildman–Crippen LogP) is 2.84. The summed E-state index contributed by atoms with van der Waals surface area (Å²) in [5.41, 5.74) is 1.61. The maximum Gasteiger partial charge on any atom is 0.159 e. The van der Waals surface area contributed by atoms with Gasteiger partial charge in [0, 0.05) is 22.4 Å². The molecule has 0 bridgehead atoms. The van der Waals surface area contributed by atoms with E-state index in [1.54, 1.807) is 29.9 Å². The van der Waals surface area contributed by atoms with Crippen LogP contribution in [0.4, 0.5) is 0 Å². The minimum atomic E-state index is 0.0581. The van der Waals surface area contributed by atoms with Crippen molar-refractivity contribution in [1.82, 2.24) is 9.78 Å². The van der Waals surface area contributed by atoms with Gasteiger partial charge in [-0.15, -0.1) is 0 Å². The molecule has 0 aliphatic carbocycles. The molecular weight excluding hydrogens is 256 g/mol. The smallest absolute Gasteiger partial charge is 0.159 e. The van der Waals surface area contributed by atoms with Crippen molar-refractivity contribution in [2.75, 3.05) is 0 Å². The summed E-state index contributed by atoms with van der Waals surface area (Å²) < 4.78 is 2.60. The van der Waals surface area contributed by atoms with Gasteiger partial charge in [-0.3, -0.25) is 4.79 Å². The van der Waals surface area contributed by atoms with Crippen LogP contribution >= 0.6 is 15.9 Å². The lowest BCUT2D eigenvalue weighted by Gasteiger charge is -2.05. The van der Waals surface area contributed by atoms with Gasteiger partial charge in [0.15, 0.2) is 5.78 Å². The Labute approximate surface area is 95.9 Å². The lowest BCUT2D eigenvalue weighted by molar-refractivity contribution is 0.101. The SMILES string of the molecule is CC(=O)c1ccc(-n2cccn2)c(Br)c1. The maximum atomic E-state index is 11.2. The molecule has 0 atom stereocenters. The third kappa shape index (κ3) is 1.99. The van der Waals surface area contributed by atoms with Gasteiger partial charge in [-0.2, -0.15) is 5.10 Å². The van der Waals surface area contributed by atoms with Gasteiger partial charge in [0.25, 0.3) is 0 Å². The average molecular weight is 265 g/mol. The van der Waals surface area contributed by atoms with Crippen LogP contribution in [0.5, 0.6) is 0 Å². The van der Waals surface area contributed by atoms with E-state index < -0.39 is 0 Å². The molecule has 1 heterocycles. The molecule has 0 N–H and O–H groups in total. The van der Waals surface area contributed by atoms with E-state index in [2.05, 4.69) is 21.0 Å². The van der Waals surface area contributed by atoms with Crippen molar-refractivity contribution in [3.63, 3.8) is 0 Å². The second-order valence-electron chi connectivity index (χ2n) is 3.17. The zero-order chi connectivity index (χ0) is 10.8. The first-order chi connectivity index (χ1) is 7.18. The lowest BCUT2D eigenvalue weighted by atomic mass is 10.1. The molecule has 0 unspecified atom stereocenters. The molecule has 15 heavy (non-hydrogen) atoms. The highest BCUT2D eigenvalue weighted by Gasteiger charge is 2.05. The van der Waals surface area contributed by atoms with Crippen molar-refractivity contribution in [2.24, 2.45) is 0 Å². The fourth-order valence-electron chi connectivity index (χ4n) is 1.32. The Morgan fingerprint density at radius 2 is 2.27 bits per heavy atom. The van der Waals surface area contributed by atoms with Crippen LogP contribution in [0.3, 0.4) is 0 Å². The highest BCUT2D eigenvalue weighted by molar-refractivity contribution is 9.10. The van der Waals surface area contributed by atoms with Gasteiger partial charge in [-0.05, 0) is 47.1 Å². The summed E-state index contributed by atoms with van der Waals surface area (Å²) in [5, 5.41) is 4.12. The van der Waals surface area contributed by atoms with Crippen LogP contribution in [0, 0.1) is 0 Å². The fourth-order valence-corrected chi connectivity index (χ4v) is 1.88. The molecule has 2 aromatic rings. The molecule has 0 spiro atoms. The quantitative estimate of drug-likeness (QED) is 0.782. The van der Waals surface area contributed by atoms with Gasteiger partial charge < -0.3 is 0 Å². The summed E-state index contributed by atoms with van der Waals surface area (Å²) in [6, 6.07) is 7.32. The van der Waals surface area contributed by atoms with Crippen LogP contribution < -0.4 is 0 Å². The molecule has 0 amide bonds. The first-order valence-electron chi connectivity index (χ1n) is 4.49. The van der Waals surface area contributed by atoms with Crippen molar-refractivity contribution in [1.29, 1.82) is 0 Å². The molecule has 0 saturated heterocycles. The molecule has 4 heteroatoms. The van der Waals surface area contributed by atoms with E-state index >= 15 is 0 Å². The molecular formula is C11H9BrN2O. The number of Topliss-reactive ketones (excluding diaryl/α,β-unsaturated/α-hetero) is 1. The number of aromatic nitrogens is 2. The Morgan fingerprint density at radius 3 is 2.80 bits per heavy atom. The number of ketones is 1. The first-order valence-corrected chi connectivity index (χ1v) is 5.28. The minimum absolute atomic E-state index is 0.0581. The summed E-state index contributed by atoms with van der Waals surface area (Å²) in [6.45, 7) is 1.55. The van der Waals surface area contributed by atoms with Crippen molar-refractivity contribution in [2.45, 2.75) is 6.92 Å². The highest BCUT2D eigenvalue weighted by Crippen LogP contribution is 2.21.